The van der Waals surface area contributed by atoms with Gasteiger partial charge in [-0.15, -0.1) is 0 Å². The van der Waals surface area contributed by atoms with Crippen LogP contribution in [0.3, 0.4) is 0 Å². The minimum Gasteiger partial charge on any atom is -0.506 e. The van der Waals surface area contributed by atoms with Crippen molar-refractivity contribution >= 4 is 22.8 Å². The molecule has 39 heavy (non-hydrogen) atoms. The van der Waals surface area contributed by atoms with Gasteiger partial charge in [0.15, 0.2) is 11.7 Å². The third-order valence-corrected chi connectivity index (χ3v) is 6.80. The predicted molar refractivity (Wildman–Crippen MR) is 140 cm³/mol. The molecule has 5 N–H and O–H groups in total. The van der Waals surface area contributed by atoms with E-state index in [4.69, 9.17) is 14.2 Å². The Morgan fingerprint density at radius 3 is 2.51 bits per heavy atom. The van der Waals surface area contributed by atoms with E-state index in [1.54, 1.807) is 0 Å². The molecule has 3 rings (SSSR count). The summed E-state index contributed by atoms with van der Waals surface area (Å²) in [7, 11) is 2.74. The van der Waals surface area contributed by atoms with Gasteiger partial charge >= 0.3 is 5.97 Å². The average molecular weight is 551 g/mol. The van der Waals surface area contributed by atoms with Crippen LogP contribution in [0.25, 0.3) is 10.9 Å². The number of rotatable bonds is 14. The number of carbonyl (C=O) groups is 2. The van der Waals surface area contributed by atoms with Gasteiger partial charge in [-0.1, -0.05) is 31.7 Å². The third kappa shape index (κ3) is 7.99. The Bertz CT molecular complexity index is 1150. The number of H-pyrrole nitrogens is 1. The number of benzene rings is 1. The zero-order valence-corrected chi connectivity index (χ0v) is 22.3. The van der Waals surface area contributed by atoms with Crippen molar-refractivity contribution in [2.45, 2.75) is 75.6 Å². The summed E-state index contributed by atoms with van der Waals surface area (Å²) in [6, 6.07) is 4.61. The molecular weight excluding hydrogens is 512 g/mol. The van der Waals surface area contributed by atoms with Gasteiger partial charge in [-0.25, -0.2) is 0 Å². The van der Waals surface area contributed by atoms with Crippen molar-refractivity contribution in [3.63, 3.8) is 0 Å². The maximum Gasteiger partial charge on any atom is 0.305 e. The van der Waals surface area contributed by atoms with Gasteiger partial charge in [0, 0.05) is 31.6 Å². The fourth-order valence-corrected chi connectivity index (χ4v) is 4.63. The highest BCUT2D eigenvalue weighted by atomic mass is 16.7. The molecule has 0 aliphatic carbocycles. The van der Waals surface area contributed by atoms with Crippen LogP contribution in [0.2, 0.25) is 0 Å². The molecule has 1 aromatic heterocycles. The minimum atomic E-state index is -1.25. The van der Waals surface area contributed by atoms with E-state index < -0.39 is 48.6 Å². The lowest BCUT2D eigenvalue weighted by Gasteiger charge is -2.43. The number of aromatic hydroxyl groups is 1. The molecule has 2 aromatic rings. The van der Waals surface area contributed by atoms with E-state index in [0.29, 0.717) is 19.4 Å². The molecule has 1 amide bonds. The maximum atomic E-state index is 13.2. The van der Waals surface area contributed by atoms with Crippen LogP contribution in [0.4, 0.5) is 0 Å². The van der Waals surface area contributed by atoms with Crippen molar-refractivity contribution in [3.8, 4) is 5.75 Å². The Kier molecular flexibility index (Phi) is 11.7. The number of aliphatic hydroxyl groups is 2. The van der Waals surface area contributed by atoms with Crippen molar-refractivity contribution in [2.75, 3.05) is 27.4 Å². The van der Waals surface area contributed by atoms with Crippen molar-refractivity contribution in [1.29, 1.82) is 0 Å². The van der Waals surface area contributed by atoms with Crippen LogP contribution in [0.1, 0.15) is 55.4 Å². The predicted octanol–water partition coefficient (Wildman–Crippen LogP) is 1.35. The number of amides is 1. The number of ether oxygens (including phenoxy) is 4. The fraction of sp³-hybridized carbons (Fsp3) is 0.593. The number of carbonyl (C=O) groups excluding carboxylic acids is 2. The Morgan fingerprint density at radius 1 is 1.10 bits per heavy atom. The monoisotopic (exact) mass is 550 g/mol. The van der Waals surface area contributed by atoms with Crippen molar-refractivity contribution in [1.82, 2.24) is 10.3 Å². The molecule has 0 saturated carbocycles. The van der Waals surface area contributed by atoms with E-state index in [1.807, 2.05) is 0 Å². The maximum absolute atomic E-state index is 13.2. The quantitative estimate of drug-likeness (QED) is 0.170. The fourth-order valence-electron chi connectivity index (χ4n) is 4.63. The number of nitrogens with one attached hydrogen (secondary N) is 2. The molecular formula is C27H38N2O10. The molecule has 1 aliphatic rings. The number of unbranched alkanes of at least 4 members (excludes halogenated alkanes) is 5. The Labute approximate surface area is 226 Å². The van der Waals surface area contributed by atoms with Crippen LogP contribution in [-0.4, -0.2) is 90.3 Å². The number of pyridine rings is 1. The number of esters is 1. The number of aromatic amines is 1. The summed E-state index contributed by atoms with van der Waals surface area (Å²) in [6.45, 7) is -0.186. The zero-order chi connectivity index (χ0) is 28.4. The van der Waals surface area contributed by atoms with E-state index in [2.05, 4.69) is 15.0 Å². The van der Waals surface area contributed by atoms with Gasteiger partial charge in [0.05, 0.1) is 19.2 Å². The molecule has 5 atom stereocenters. The first-order valence-corrected chi connectivity index (χ1v) is 13.1. The van der Waals surface area contributed by atoms with Crippen LogP contribution < -0.4 is 10.7 Å². The number of fused-ring (bicyclic) bond motifs is 1. The summed E-state index contributed by atoms with van der Waals surface area (Å²) < 4.78 is 21.8. The zero-order valence-electron chi connectivity index (χ0n) is 22.3. The van der Waals surface area contributed by atoms with E-state index in [9.17, 15) is 29.7 Å². The van der Waals surface area contributed by atoms with Gasteiger partial charge in [-0.2, -0.15) is 0 Å². The SMILES string of the molecule is COC(=O)CCCCCCCCO[C@@H]1OC(CO)[C@@H](O)C(OC)C1NC(=O)c1cc(=O)c2cccc(O)c2[nH]1. The Hall–Kier alpha value is -3.03. The Balaban J connectivity index is 1.62. The van der Waals surface area contributed by atoms with E-state index in [-0.39, 0.29) is 28.3 Å². The van der Waals surface area contributed by atoms with E-state index >= 15 is 0 Å². The molecule has 2 heterocycles. The second-order valence-corrected chi connectivity index (χ2v) is 9.48. The molecule has 12 nitrogen and oxygen atoms in total. The number of aromatic nitrogens is 1. The number of methoxy groups -OCH3 is 2. The molecule has 0 bridgehead atoms. The first-order chi connectivity index (χ1) is 18.8. The highest BCUT2D eigenvalue weighted by molar-refractivity contribution is 5.96. The van der Waals surface area contributed by atoms with Gasteiger partial charge in [0.1, 0.15) is 35.8 Å². The minimum absolute atomic E-state index is 0.103. The number of hydrogen-bond donors (Lipinski definition) is 5. The number of hydrogen-bond acceptors (Lipinski definition) is 10. The number of para-hydroxylation sites is 1. The lowest BCUT2D eigenvalue weighted by Crippen LogP contribution is -2.65. The highest BCUT2D eigenvalue weighted by Gasteiger charge is 2.46. The van der Waals surface area contributed by atoms with Crippen molar-refractivity contribution < 1.29 is 43.9 Å². The second-order valence-electron chi connectivity index (χ2n) is 9.48. The van der Waals surface area contributed by atoms with Crippen LogP contribution in [0.5, 0.6) is 5.75 Å². The molecule has 1 saturated heterocycles. The summed E-state index contributed by atoms with van der Waals surface area (Å²) in [5.74, 6) is -1.08. The first kappa shape index (κ1) is 30.5. The van der Waals surface area contributed by atoms with Crippen LogP contribution in [0, 0.1) is 0 Å². The van der Waals surface area contributed by atoms with Gasteiger partial charge in [-0.3, -0.25) is 14.4 Å². The summed E-state index contributed by atoms with van der Waals surface area (Å²) in [6.07, 6.45) is 1.38. The highest BCUT2D eigenvalue weighted by Crippen LogP contribution is 2.25. The molecule has 1 fully saturated rings. The summed E-state index contributed by atoms with van der Waals surface area (Å²) in [5.41, 5.74) is -0.433. The van der Waals surface area contributed by atoms with Crippen LogP contribution >= 0.6 is 0 Å². The van der Waals surface area contributed by atoms with Crippen molar-refractivity contribution in [2.24, 2.45) is 0 Å². The lowest BCUT2D eigenvalue weighted by molar-refractivity contribution is -0.273. The first-order valence-electron chi connectivity index (χ1n) is 13.1. The van der Waals surface area contributed by atoms with Crippen LogP contribution in [-0.2, 0) is 23.7 Å². The molecule has 3 unspecified atom stereocenters. The van der Waals surface area contributed by atoms with Gasteiger partial charge < -0.3 is 44.6 Å². The van der Waals surface area contributed by atoms with Gasteiger partial charge in [0.25, 0.3) is 5.91 Å². The summed E-state index contributed by atoms with van der Waals surface area (Å²) in [5, 5.41) is 33.4. The van der Waals surface area contributed by atoms with Crippen molar-refractivity contribution in [3.05, 3.63) is 40.2 Å². The lowest BCUT2D eigenvalue weighted by atomic mass is 9.96. The van der Waals surface area contributed by atoms with Gasteiger partial charge in [0.2, 0.25) is 0 Å². The molecule has 12 heteroatoms. The molecule has 0 spiro atoms. The molecule has 1 aliphatic heterocycles. The molecule has 1 aromatic carbocycles. The smallest absolute Gasteiger partial charge is 0.305 e. The summed E-state index contributed by atoms with van der Waals surface area (Å²) >= 11 is 0. The normalized spacial score (nSPS) is 23.0. The topological polar surface area (TPSA) is 177 Å². The molecule has 0 radical (unpaired) electrons. The second kappa shape index (κ2) is 14.9. The number of phenolic OH excluding ortho intramolecular Hbond substituents is 1. The Morgan fingerprint density at radius 2 is 1.82 bits per heavy atom. The largest absolute Gasteiger partial charge is 0.506 e. The third-order valence-electron chi connectivity index (χ3n) is 6.80. The number of phenols is 1. The average Bonchev–Trinajstić information content (AvgIpc) is 2.93. The molecule has 216 valence electrons. The van der Waals surface area contributed by atoms with E-state index in [0.717, 1.165) is 38.2 Å². The van der Waals surface area contributed by atoms with Gasteiger partial charge in [-0.05, 0) is 25.0 Å². The van der Waals surface area contributed by atoms with Crippen LogP contribution in [0.15, 0.2) is 29.1 Å². The standard InChI is InChI=1S/C27H38N2O10/c1-36-21(33)12-7-5-3-4-6-8-13-38-27-23(25(37-2)24(34)20(15-30)39-27)29-26(35)17-14-19(32)16-10-9-11-18(31)22(16)28-17/h9-11,14,20,23-25,27,30-31,34H,3-8,12-13,15H2,1-2H3,(H,28,32)(H,29,35)/t20?,23?,24-,25?,27-/m1/s1. The summed E-state index contributed by atoms with van der Waals surface area (Å²) in [4.78, 5) is 39.6. The van der Waals surface area contributed by atoms with E-state index in [1.165, 1.54) is 32.4 Å². The number of aliphatic hydroxyl groups excluding tert-OH is 2.